The fraction of sp³-hybridized carbons (Fsp3) is 0.632. The first-order chi connectivity index (χ1) is 11.3. The van der Waals surface area contributed by atoms with Gasteiger partial charge in [0.1, 0.15) is 0 Å². The van der Waals surface area contributed by atoms with E-state index >= 15 is 0 Å². The summed E-state index contributed by atoms with van der Waals surface area (Å²) in [5.41, 5.74) is 1.40. The topological polar surface area (TPSA) is 50.4 Å². The SMILES string of the molecule is O=C(CN[C@@H]1CCC[C@H]1Cc1ccccc1)NC1CCOCC1. The molecule has 1 aromatic rings. The Hall–Kier alpha value is -1.39. The van der Waals surface area contributed by atoms with Crippen molar-refractivity contribution in [3.05, 3.63) is 35.9 Å². The van der Waals surface area contributed by atoms with Crippen LogP contribution in [0.2, 0.25) is 0 Å². The van der Waals surface area contributed by atoms with Gasteiger partial charge in [-0.15, -0.1) is 0 Å². The Morgan fingerprint density at radius 2 is 1.87 bits per heavy atom. The molecular weight excluding hydrogens is 288 g/mol. The van der Waals surface area contributed by atoms with Crippen LogP contribution in [0, 0.1) is 5.92 Å². The molecule has 1 aromatic carbocycles. The number of hydrogen-bond donors (Lipinski definition) is 2. The van der Waals surface area contributed by atoms with Crippen molar-refractivity contribution in [1.82, 2.24) is 10.6 Å². The minimum absolute atomic E-state index is 0.127. The van der Waals surface area contributed by atoms with E-state index < -0.39 is 0 Å². The van der Waals surface area contributed by atoms with Gasteiger partial charge in [-0.05, 0) is 43.6 Å². The fourth-order valence-corrected chi connectivity index (χ4v) is 3.81. The van der Waals surface area contributed by atoms with Crippen molar-refractivity contribution in [1.29, 1.82) is 0 Å². The Kier molecular flexibility index (Phi) is 6.06. The van der Waals surface area contributed by atoms with E-state index in [1.54, 1.807) is 0 Å². The van der Waals surface area contributed by atoms with E-state index in [1.807, 2.05) is 0 Å². The summed E-state index contributed by atoms with van der Waals surface area (Å²) in [4.78, 5) is 12.1. The third-order valence-corrected chi connectivity index (χ3v) is 5.11. The third-order valence-electron chi connectivity index (χ3n) is 5.11. The number of amides is 1. The Morgan fingerprint density at radius 3 is 2.65 bits per heavy atom. The molecule has 4 heteroatoms. The summed E-state index contributed by atoms with van der Waals surface area (Å²) in [6, 6.07) is 11.4. The van der Waals surface area contributed by atoms with Gasteiger partial charge in [0.2, 0.25) is 5.91 Å². The van der Waals surface area contributed by atoms with Gasteiger partial charge in [-0.25, -0.2) is 0 Å². The Bertz CT molecular complexity index is 485. The molecule has 3 rings (SSSR count). The maximum atomic E-state index is 12.1. The number of rotatable bonds is 6. The van der Waals surface area contributed by atoms with E-state index in [0.29, 0.717) is 24.5 Å². The average molecular weight is 316 g/mol. The first-order valence-corrected chi connectivity index (χ1v) is 8.95. The molecule has 2 atom stereocenters. The van der Waals surface area contributed by atoms with Gasteiger partial charge in [-0.3, -0.25) is 4.79 Å². The molecule has 2 aliphatic rings. The number of ether oxygens (including phenoxy) is 1. The lowest BCUT2D eigenvalue weighted by Gasteiger charge is -2.25. The predicted octanol–water partition coefficient (Wildman–Crippen LogP) is 2.28. The monoisotopic (exact) mass is 316 g/mol. The molecule has 126 valence electrons. The zero-order chi connectivity index (χ0) is 15.9. The lowest BCUT2D eigenvalue weighted by molar-refractivity contribution is -0.121. The van der Waals surface area contributed by atoms with E-state index in [-0.39, 0.29) is 5.91 Å². The average Bonchev–Trinajstić information content (AvgIpc) is 3.02. The molecule has 0 radical (unpaired) electrons. The van der Waals surface area contributed by atoms with Crippen LogP contribution in [0.3, 0.4) is 0 Å². The molecule has 0 unspecified atom stereocenters. The quantitative estimate of drug-likeness (QED) is 0.846. The third kappa shape index (κ3) is 5.05. The molecule has 0 bridgehead atoms. The highest BCUT2D eigenvalue weighted by molar-refractivity contribution is 5.78. The standard InChI is InChI=1S/C19H28N2O2/c22-19(21-17-9-11-23-12-10-17)14-20-18-8-4-7-16(18)13-15-5-2-1-3-6-15/h1-3,5-6,16-18,20H,4,7-14H2,(H,21,22)/t16-,18+/m0/s1. The lowest BCUT2D eigenvalue weighted by atomic mass is 9.94. The molecule has 1 saturated heterocycles. The van der Waals surface area contributed by atoms with E-state index in [2.05, 4.69) is 41.0 Å². The number of hydrogen-bond acceptors (Lipinski definition) is 3. The number of carbonyl (C=O) groups is 1. The van der Waals surface area contributed by atoms with Gasteiger partial charge >= 0.3 is 0 Å². The van der Waals surface area contributed by atoms with Crippen LogP contribution in [0.15, 0.2) is 30.3 Å². The second-order valence-corrected chi connectivity index (χ2v) is 6.82. The first kappa shape index (κ1) is 16.5. The lowest BCUT2D eigenvalue weighted by Crippen LogP contribution is -2.45. The van der Waals surface area contributed by atoms with Crippen LogP contribution in [-0.2, 0) is 16.0 Å². The van der Waals surface area contributed by atoms with Gasteiger partial charge in [0, 0.05) is 25.3 Å². The van der Waals surface area contributed by atoms with Crippen LogP contribution in [0.1, 0.15) is 37.7 Å². The molecule has 1 aliphatic carbocycles. The summed E-state index contributed by atoms with van der Waals surface area (Å²) < 4.78 is 5.33. The summed E-state index contributed by atoms with van der Waals surface area (Å²) in [6.07, 6.45) is 6.69. The Balaban J connectivity index is 1.42. The van der Waals surface area contributed by atoms with Gasteiger partial charge in [0.15, 0.2) is 0 Å². The fourth-order valence-electron chi connectivity index (χ4n) is 3.81. The molecule has 1 heterocycles. The molecule has 0 spiro atoms. The summed E-state index contributed by atoms with van der Waals surface area (Å²) >= 11 is 0. The summed E-state index contributed by atoms with van der Waals surface area (Å²) in [6.45, 7) is 1.97. The van der Waals surface area contributed by atoms with Crippen molar-refractivity contribution in [2.45, 2.75) is 50.6 Å². The minimum Gasteiger partial charge on any atom is -0.381 e. The molecule has 1 saturated carbocycles. The number of carbonyl (C=O) groups excluding carboxylic acids is 1. The second kappa shape index (κ2) is 8.46. The Morgan fingerprint density at radius 1 is 1.09 bits per heavy atom. The highest BCUT2D eigenvalue weighted by Gasteiger charge is 2.27. The molecule has 1 aliphatic heterocycles. The van der Waals surface area contributed by atoms with Gasteiger partial charge < -0.3 is 15.4 Å². The van der Waals surface area contributed by atoms with E-state index in [4.69, 9.17) is 4.74 Å². The summed E-state index contributed by atoms with van der Waals surface area (Å²) in [5, 5.41) is 6.62. The van der Waals surface area contributed by atoms with Gasteiger partial charge in [-0.1, -0.05) is 36.8 Å². The van der Waals surface area contributed by atoms with E-state index in [0.717, 1.165) is 32.5 Å². The zero-order valence-corrected chi connectivity index (χ0v) is 13.8. The van der Waals surface area contributed by atoms with Crippen molar-refractivity contribution < 1.29 is 9.53 Å². The maximum absolute atomic E-state index is 12.1. The Labute approximate surface area is 139 Å². The van der Waals surface area contributed by atoms with Crippen molar-refractivity contribution in [3.63, 3.8) is 0 Å². The van der Waals surface area contributed by atoms with Gasteiger partial charge in [-0.2, -0.15) is 0 Å². The smallest absolute Gasteiger partial charge is 0.234 e. The molecular formula is C19H28N2O2. The van der Waals surface area contributed by atoms with Crippen LogP contribution in [-0.4, -0.2) is 37.7 Å². The maximum Gasteiger partial charge on any atom is 0.234 e. The van der Waals surface area contributed by atoms with Crippen LogP contribution in [0.4, 0.5) is 0 Å². The van der Waals surface area contributed by atoms with Gasteiger partial charge in [0.05, 0.1) is 6.54 Å². The van der Waals surface area contributed by atoms with Crippen molar-refractivity contribution >= 4 is 5.91 Å². The molecule has 4 nitrogen and oxygen atoms in total. The van der Waals surface area contributed by atoms with E-state index in [9.17, 15) is 4.79 Å². The van der Waals surface area contributed by atoms with Crippen LogP contribution < -0.4 is 10.6 Å². The number of benzene rings is 1. The highest BCUT2D eigenvalue weighted by Crippen LogP contribution is 2.28. The first-order valence-electron chi connectivity index (χ1n) is 8.95. The molecule has 2 fully saturated rings. The normalized spacial score (nSPS) is 25.4. The molecule has 0 aromatic heterocycles. The summed E-state index contributed by atoms with van der Waals surface area (Å²) in [7, 11) is 0. The van der Waals surface area contributed by atoms with Crippen molar-refractivity contribution in [3.8, 4) is 0 Å². The number of nitrogens with one attached hydrogen (secondary N) is 2. The molecule has 23 heavy (non-hydrogen) atoms. The molecule has 1 amide bonds. The van der Waals surface area contributed by atoms with Crippen molar-refractivity contribution in [2.75, 3.05) is 19.8 Å². The summed E-state index contributed by atoms with van der Waals surface area (Å²) in [5.74, 6) is 0.774. The minimum atomic E-state index is 0.127. The van der Waals surface area contributed by atoms with Crippen LogP contribution in [0.25, 0.3) is 0 Å². The highest BCUT2D eigenvalue weighted by atomic mass is 16.5. The van der Waals surface area contributed by atoms with Crippen LogP contribution in [0.5, 0.6) is 0 Å². The second-order valence-electron chi connectivity index (χ2n) is 6.82. The van der Waals surface area contributed by atoms with Crippen LogP contribution >= 0.6 is 0 Å². The molecule has 2 N–H and O–H groups in total. The van der Waals surface area contributed by atoms with E-state index in [1.165, 1.54) is 24.8 Å². The zero-order valence-electron chi connectivity index (χ0n) is 13.8. The predicted molar refractivity (Wildman–Crippen MR) is 91.3 cm³/mol. The van der Waals surface area contributed by atoms with Gasteiger partial charge in [0.25, 0.3) is 0 Å². The van der Waals surface area contributed by atoms with Crippen molar-refractivity contribution in [2.24, 2.45) is 5.92 Å². The largest absolute Gasteiger partial charge is 0.381 e.